The molecule has 0 heterocycles. The lowest BCUT2D eigenvalue weighted by Crippen LogP contribution is -2.27. The van der Waals surface area contributed by atoms with Crippen molar-refractivity contribution in [2.75, 3.05) is 7.05 Å². The van der Waals surface area contributed by atoms with Crippen LogP contribution in [0.15, 0.2) is 30.3 Å². The van der Waals surface area contributed by atoms with Gasteiger partial charge < -0.3 is 5.32 Å². The average molecular weight is 175 g/mol. The molecule has 1 nitrogen and oxygen atoms in total. The molecular weight excluding hydrogens is 158 g/mol. The van der Waals surface area contributed by atoms with Crippen LogP contribution in [0.3, 0.4) is 0 Å². The fourth-order valence-corrected chi connectivity index (χ4v) is 2.40. The number of hydrogen-bond donors (Lipinski definition) is 1. The zero-order valence-electron chi connectivity index (χ0n) is 8.16. The van der Waals surface area contributed by atoms with Gasteiger partial charge in [0, 0.05) is 6.04 Å². The quantitative estimate of drug-likeness (QED) is 0.728. The Hall–Kier alpha value is -0.820. The van der Waals surface area contributed by atoms with E-state index in [1.54, 1.807) is 0 Å². The minimum absolute atomic E-state index is 0.697. The van der Waals surface area contributed by atoms with Gasteiger partial charge in [0.2, 0.25) is 0 Å². The largest absolute Gasteiger partial charge is 0.316 e. The first kappa shape index (κ1) is 8.76. The predicted molar refractivity (Wildman–Crippen MR) is 55.9 cm³/mol. The first-order valence-electron chi connectivity index (χ1n) is 5.14. The van der Waals surface area contributed by atoms with Crippen LogP contribution in [0.2, 0.25) is 0 Å². The number of likely N-dealkylation sites (N-methyl/N-ethyl adjacent to an activating group) is 1. The van der Waals surface area contributed by atoms with Gasteiger partial charge in [-0.2, -0.15) is 0 Å². The van der Waals surface area contributed by atoms with Crippen molar-refractivity contribution in [1.82, 2.24) is 5.32 Å². The number of nitrogens with one attached hydrogen (secondary N) is 1. The molecule has 0 spiro atoms. The maximum absolute atomic E-state index is 3.41. The maximum atomic E-state index is 3.41. The summed E-state index contributed by atoms with van der Waals surface area (Å²) in [5.41, 5.74) is 1.50. The van der Waals surface area contributed by atoms with Gasteiger partial charge in [-0.1, -0.05) is 36.8 Å². The van der Waals surface area contributed by atoms with Crippen molar-refractivity contribution >= 4 is 0 Å². The summed E-state index contributed by atoms with van der Waals surface area (Å²) < 4.78 is 0. The third-order valence-corrected chi connectivity index (χ3v) is 3.11. The molecule has 1 heteroatoms. The van der Waals surface area contributed by atoms with Gasteiger partial charge in [-0.3, -0.25) is 0 Å². The summed E-state index contributed by atoms with van der Waals surface area (Å²) in [6, 6.07) is 11.6. The summed E-state index contributed by atoms with van der Waals surface area (Å²) in [5.74, 6) is 0.742. The topological polar surface area (TPSA) is 12.0 Å². The predicted octanol–water partition coefficient (Wildman–Crippen LogP) is 2.54. The molecule has 1 aliphatic carbocycles. The summed E-state index contributed by atoms with van der Waals surface area (Å²) >= 11 is 0. The van der Waals surface area contributed by atoms with Crippen LogP contribution >= 0.6 is 0 Å². The van der Waals surface area contributed by atoms with Crippen LogP contribution in [0.4, 0.5) is 0 Å². The summed E-state index contributed by atoms with van der Waals surface area (Å²) in [6.45, 7) is 0. The van der Waals surface area contributed by atoms with Crippen molar-refractivity contribution in [3.8, 4) is 0 Å². The van der Waals surface area contributed by atoms with Gasteiger partial charge in [0.1, 0.15) is 0 Å². The normalized spacial score (nSPS) is 27.8. The molecule has 0 aliphatic heterocycles. The molecule has 0 radical (unpaired) electrons. The lowest BCUT2D eigenvalue weighted by atomic mass is 9.94. The monoisotopic (exact) mass is 175 g/mol. The van der Waals surface area contributed by atoms with Crippen molar-refractivity contribution in [1.29, 1.82) is 0 Å². The first-order valence-corrected chi connectivity index (χ1v) is 5.14. The Bertz CT molecular complexity index is 255. The van der Waals surface area contributed by atoms with E-state index < -0.39 is 0 Å². The van der Waals surface area contributed by atoms with Crippen molar-refractivity contribution in [2.24, 2.45) is 0 Å². The van der Waals surface area contributed by atoms with Crippen LogP contribution in [0.25, 0.3) is 0 Å². The first-order chi connectivity index (χ1) is 6.42. The molecule has 2 atom stereocenters. The molecule has 1 aromatic carbocycles. The second kappa shape index (κ2) is 3.93. The lowest BCUT2D eigenvalue weighted by Gasteiger charge is -2.18. The van der Waals surface area contributed by atoms with Gasteiger partial charge >= 0.3 is 0 Å². The Morgan fingerprint density at radius 1 is 1.15 bits per heavy atom. The average Bonchev–Trinajstić information content (AvgIpc) is 2.67. The Balaban J connectivity index is 2.16. The highest BCUT2D eigenvalue weighted by Gasteiger charge is 2.26. The van der Waals surface area contributed by atoms with E-state index in [4.69, 9.17) is 0 Å². The molecule has 2 rings (SSSR count). The van der Waals surface area contributed by atoms with E-state index in [0.717, 1.165) is 5.92 Å². The van der Waals surface area contributed by atoms with Gasteiger partial charge in [-0.05, 0) is 31.4 Å². The molecule has 1 N–H and O–H groups in total. The standard InChI is InChI=1S/C12H17N/c1-13-12-9-5-8-11(12)10-6-3-2-4-7-10/h2-4,6-7,11-13H,5,8-9H2,1H3/t11-,12+/m1/s1. The number of hydrogen-bond acceptors (Lipinski definition) is 1. The third-order valence-electron chi connectivity index (χ3n) is 3.11. The van der Waals surface area contributed by atoms with Crippen LogP contribution in [-0.2, 0) is 0 Å². The van der Waals surface area contributed by atoms with E-state index in [0.29, 0.717) is 6.04 Å². The van der Waals surface area contributed by atoms with Crippen molar-refractivity contribution in [2.45, 2.75) is 31.2 Å². The molecule has 70 valence electrons. The van der Waals surface area contributed by atoms with E-state index in [-0.39, 0.29) is 0 Å². The summed E-state index contributed by atoms with van der Waals surface area (Å²) in [7, 11) is 2.08. The van der Waals surface area contributed by atoms with Gasteiger partial charge in [0.15, 0.2) is 0 Å². The molecular formula is C12H17N. The molecule has 13 heavy (non-hydrogen) atoms. The molecule has 0 amide bonds. The highest BCUT2D eigenvalue weighted by molar-refractivity contribution is 5.22. The highest BCUT2D eigenvalue weighted by Crippen LogP contribution is 2.33. The van der Waals surface area contributed by atoms with E-state index in [9.17, 15) is 0 Å². The van der Waals surface area contributed by atoms with Crippen molar-refractivity contribution in [3.63, 3.8) is 0 Å². The molecule has 1 saturated carbocycles. The van der Waals surface area contributed by atoms with Crippen molar-refractivity contribution < 1.29 is 0 Å². The van der Waals surface area contributed by atoms with E-state index in [1.165, 1.54) is 24.8 Å². The Morgan fingerprint density at radius 3 is 2.62 bits per heavy atom. The Labute approximate surface area is 80.2 Å². The van der Waals surface area contributed by atoms with E-state index in [1.807, 2.05) is 0 Å². The second-order valence-corrected chi connectivity index (χ2v) is 3.84. The van der Waals surface area contributed by atoms with Crippen LogP contribution in [-0.4, -0.2) is 13.1 Å². The van der Waals surface area contributed by atoms with Gasteiger partial charge in [-0.15, -0.1) is 0 Å². The molecule has 0 aromatic heterocycles. The molecule has 0 bridgehead atoms. The highest BCUT2D eigenvalue weighted by atomic mass is 14.9. The zero-order valence-corrected chi connectivity index (χ0v) is 8.16. The van der Waals surface area contributed by atoms with Crippen LogP contribution < -0.4 is 5.32 Å². The number of benzene rings is 1. The SMILES string of the molecule is CN[C@H]1CCC[C@@H]1c1ccccc1. The van der Waals surface area contributed by atoms with Crippen LogP contribution in [0.1, 0.15) is 30.7 Å². The molecule has 1 fully saturated rings. The summed E-state index contributed by atoms with van der Waals surface area (Å²) in [6.07, 6.45) is 4.04. The van der Waals surface area contributed by atoms with Crippen molar-refractivity contribution in [3.05, 3.63) is 35.9 Å². The fraction of sp³-hybridized carbons (Fsp3) is 0.500. The number of rotatable bonds is 2. The molecule has 1 aromatic rings. The minimum Gasteiger partial charge on any atom is -0.316 e. The zero-order chi connectivity index (χ0) is 9.10. The van der Waals surface area contributed by atoms with Gasteiger partial charge in [-0.25, -0.2) is 0 Å². The third kappa shape index (κ3) is 1.75. The molecule has 1 aliphatic rings. The van der Waals surface area contributed by atoms with Crippen LogP contribution in [0, 0.1) is 0 Å². The molecule has 0 saturated heterocycles. The van der Waals surface area contributed by atoms with Crippen LogP contribution in [0.5, 0.6) is 0 Å². The minimum atomic E-state index is 0.697. The van der Waals surface area contributed by atoms with Gasteiger partial charge in [0.25, 0.3) is 0 Å². The molecule has 0 unspecified atom stereocenters. The Kier molecular flexibility index (Phi) is 2.65. The summed E-state index contributed by atoms with van der Waals surface area (Å²) in [4.78, 5) is 0. The lowest BCUT2D eigenvalue weighted by molar-refractivity contribution is 0.522. The fourth-order valence-electron chi connectivity index (χ4n) is 2.40. The summed E-state index contributed by atoms with van der Waals surface area (Å²) in [5, 5.41) is 3.41. The van der Waals surface area contributed by atoms with E-state index in [2.05, 4.69) is 42.7 Å². The maximum Gasteiger partial charge on any atom is 0.0133 e. The Morgan fingerprint density at radius 2 is 1.92 bits per heavy atom. The smallest absolute Gasteiger partial charge is 0.0133 e. The van der Waals surface area contributed by atoms with E-state index >= 15 is 0 Å². The van der Waals surface area contributed by atoms with Gasteiger partial charge in [0.05, 0.1) is 0 Å². The second-order valence-electron chi connectivity index (χ2n) is 3.84.